The van der Waals surface area contributed by atoms with Gasteiger partial charge in [0, 0.05) is 26.2 Å². The van der Waals surface area contributed by atoms with E-state index in [1.165, 1.54) is 0 Å². The fourth-order valence-electron chi connectivity index (χ4n) is 2.43. The largest absolute Gasteiger partial charge is 0.484 e. The number of carbonyl (C=O) groups excluding carboxylic acids is 2. The summed E-state index contributed by atoms with van der Waals surface area (Å²) in [5.74, 6) is 0.323. The van der Waals surface area contributed by atoms with Crippen LogP contribution in [0.1, 0.15) is 12.5 Å². The van der Waals surface area contributed by atoms with Gasteiger partial charge in [0.1, 0.15) is 5.75 Å². The molecule has 1 heterocycles. The first-order valence-electron chi connectivity index (χ1n) is 8.04. The van der Waals surface area contributed by atoms with Crippen LogP contribution < -0.4 is 10.1 Å². The molecule has 2 amide bonds. The molecule has 0 aliphatic carbocycles. The second-order valence-electron chi connectivity index (χ2n) is 5.69. The highest BCUT2D eigenvalue weighted by molar-refractivity contribution is 5.85. The predicted molar refractivity (Wildman–Crippen MR) is 88.4 cm³/mol. The molecule has 1 aromatic rings. The zero-order valence-corrected chi connectivity index (χ0v) is 13.9. The molecule has 126 valence electrons. The lowest BCUT2D eigenvalue weighted by Gasteiger charge is -2.34. The van der Waals surface area contributed by atoms with Crippen molar-refractivity contribution in [1.82, 2.24) is 15.1 Å². The molecule has 2 rings (SSSR count). The molecule has 0 atom stereocenters. The summed E-state index contributed by atoms with van der Waals surface area (Å²) in [6.07, 6.45) is 0. The molecule has 1 N–H and O–H groups in total. The van der Waals surface area contributed by atoms with Crippen molar-refractivity contribution in [3.63, 3.8) is 0 Å². The quantitative estimate of drug-likeness (QED) is 0.836. The Morgan fingerprint density at radius 2 is 1.78 bits per heavy atom. The molecule has 0 spiro atoms. The molecule has 23 heavy (non-hydrogen) atoms. The third kappa shape index (κ3) is 5.56. The lowest BCUT2D eigenvalue weighted by Crippen LogP contribution is -2.51. The molecule has 1 fully saturated rings. The number of carbonyl (C=O) groups is 2. The van der Waals surface area contributed by atoms with Gasteiger partial charge in [-0.25, -0.2) is 0 Å². The van der Waals surface area contributed by atoms with Crippen molar-refractivity contribution in [3.05, 3.63) is 29.8 Å². The standard InChI is InChI=1S/C17H25N3O3/c1-3-19-8-10-20(11-9-19)17(22)12-18-16(21)13-23-15-6-4-14(2)5-7-15/h4-7H,3,8-13H2,1-2H3,(H,18,21). The van der Waals surface area contributed by atoms with Crippen molar-refractivity contribution in [2.75, 3.05) is 45.9 Å². The number of aryl methyl sites for hydroxylation is 1. The number of nitrogens with one attached hydrogen (secondary N) is 1. The van der Waals surface area contributed by atoms with Crippen LogP contribution in [0.2, 0.25) is 0 Å². The maximum atomic E-state index is 12.1. The lowest BCUT2D eigenvalue weighted by atomic mass is 10.2. The van der Waals surface area contributed by atoms with E-state index in [0.717, 1.165) is 38.3 Å². The van der Waals surface area contributed by atoms with Gasteiger partial charge in [0.25, 0.3) is 5.91 Å². The van der Waals surface area contributed by atoms with Crippen molar-refractivity contribution in [3.8, 4) is 5.75 Å². The summed E-state index contributed by atoms with van der Waals surface area (Å²) in [6.45, 7) is 8.30. The van der Waals surface area contributed by atoms with Crippen LogP contribution in [-0.2, 0) is 9.59 Å². The van der Waals surface area contributed by atoms with Gasteiger partial charge in [0.15, 0.2) is 6.61 Å². The Labute approximate surface area is 137 Å². The van der Waals surface area contributed by atoms with Crippen molar-refractivity contribution in [1.29, 1.82) is 0 Å². The Hall–Kier alpha value is -2.08. The van der Waals surface area contributed by atoms with E-state index in [0.29, 0.717) is 5.75 Å². The highest BCUT2D eigenvalue weighted by atomic mass is 16.5. The van der Waals surface area contributed by atoms with E-state index in [9.17, 15) is 9.59 Å². The number of hydrogen-bond donors (Lipinski definition) is 1. The molecule has 1 saturated heterocycles. The van der Waals surface area contributed by atoms with Gasteiger partial charge in [-0.3, -0.25) is 9.59 Å². The molecule has 0 unspecified atom stereocenters. The minimum atomic E-state index is -0.286. The van der Waals surface area contributed by atoms with Crippen LogP contribution in [0.25, 0.3) is 0 Å². The van der Waals surface area contributed by atoms with Crippen LogP contribution in [0.3, 0.4) is 0 Å². The zero-order valence-electron chi connectivity index (χ0n) is 13.9. The summed E-state index contributed by atoms with van der Waals surface area (Å²) in [5.41, 5.74) is 1.13. The van der Waals surface area contributed by atoms with E-state index in [1.807, 2.05) is 31.2 Å². The lowest BCUT2D eigenvalue weighted by molar-refractivity contribution is -0.134. The maximum Gasteiger partial charge on any atom is 0.258 e. The van der Waals surface area contributed by atoms with Gasteiger partial charge in [-0.15, -0.1) is 0 Å². The van der Waals surface area contributed by atoms with Gasteiger partial charge >= 0.3 is 0 Å². The van der Waals surface area contributed by atoms with E-state index >= 15 is 0 Å². The second kappa shape index (κ2) is 8.53. The topological polar surface area (TPSA) is 61.9 Å². The number of amides is 2. The third-order valence-corrected chi connectivity index (χ3v) is 4.00. The van der Waals surface area contributed by atoms with Crippen LogP contribution in [-0.4, -0.2) is 67.5 Å². The Balaban J connectivity index is 1.66. The highest BCUT2D eigenvalue weighted by Crippen LogP contribution is 2.10. The minimum absolute atomic E-state index is 0.0300. The fraction of sp³-hybridized carbons (Fsp3) is 0.529. The van der Waals surface area contributed by atoms with Gasteiger partial charge in [-0.05, 0) is 25.6 Å². The highest BCUT2D eigenvalue weighted by Gasteiger charge is 2.20. The molecule has 0 saturated carbocycles. The third-order valence-electron chi connectivity index (χ3n) is 4.00. The Bertz CT molecular complexity index is 522. The average Bonchev–Trinajstić information content (AvgIpc) is 2.59. The van der Waals surface area contributed by atoms with Crippen molar-refractivity contribution >= 4 is 11.8 Å². The maximum absolute atomic E-state index is 12.1. The predicted octanol–water partition coefficient (Wildman–Crippen LogP) is 0.654. The number of piperazine rings is 1. The van der Waals surface area contributed by atoms with Crippen molar-refractivity contribution in [2.24, 2.45) is 0 Å². The second-order valence-corrected chi connectivity index (χ2v) is 5.69. The van der Waals surface area contributed by atoms with E-state index in [2.05, 4.69) is 17.1 Å². The zero-order chi connectivity index (χ0) is 16.7. The van der Waals surface area contributed by atoms with Crippen LogP contribution in [0.4, 0.5) is 0 Å². The SMILES string of the molecule is CCN1CCN(C(=O)CNC(=O)COc2ccc(C)cc2)CC1. The number of hydrogen-bond acceptors (Lipinski definition) is 4. The molecular weight excluding hydrogens is 294 g/mol. The Morgan fingerprint density at radius 1 is 1.13 bits per heavy atom. The van der Waals surface area contributed by atoms with Gasteiger partial charge in [0.05, 0.1) is 6.54 Å². The van der Waals surface area contributed by atoms with Crippen molar-refractivity contribution in [2.45, 2.75) is 13.8 Å². The summed E-state index contributed by atoms with van der Waals surface area (Å²) in [5, 5.41) is 2.62. The first-order chi connectivity index (χ1) is 11.1. The summed E-state index contributed by atoms with van der Waals surface area (Å²) in [7, 11) is 0. The molecule has 0 radical (unpaired) electrons. The van der Waals surface area contributed by atoms with Gasteiger partial charge in [0.2, 0.25) is 5.91 Å². The number of likely N-dealkylation sites (N-methyl/N-ethyl adjacent to an activating group) is 1. The number of nitrogens with zero attached hydrogens (tertiary/aromatic N) is 2. The van der Waals surface area contributed by atoms with Crippen LogP contribution in [0, 0.1) is 6.92 Å². The molecule has 6 nitrogen and oxygen atoms in total. The van der Waals surface area contributed by atoms with Crippen LogP contribution >= 0.6 is 0 Å². The first kappa shape index (κ1) is 17.3. The normalized spacial score (nSPS) is 15.3. The molecule has 0 bridgehead atoms. The van der Waals surface area contributed by atoms with E-state index in [-0.39, 0.29) is 25.0 Å². The molecule has 1 aromatic carbocycles. The molecule has 1 aliphatic rings. The summed E-state index contributed by atoms with van der Waals surface area (Å²) < 4.78 is 5.39. The Kier molecular flexibility index (Phi) is 6.40. The van der Waals surface area contributed by atoms with Gasteiger partial charge in [-0.1, -0.05) is 24.6 Å². The van der Waals surface area contributed by atoms with Gasteiger partial charge < -0.3 is 19.9 Å². The van der Waals surface area contributed by atoms with E-state index < -0.39 is 0 Å². The molecular formula is C17H25N3O3. The monoisotopic (exact) mass is 319 g/mol. The summed E-state index contributed by atoms with van der Waals surface area (Å²) >= 11 is 0. The number of benzene rings is 1. The summed E-state index contributed by atoms with van der Waals surface area (Å²) in [6, 6.07) is 7.49. The van der Waals surface area contributed by atoms with Crippen LogP contribution in [0.5, 0.6) is 5.75 Å². The van der Waals surface area contributed by atoms with Crippen molar-refractivity contribution < 1.29 is 14.3 Å². The fourth-order valence-corrected chi connectivity index (χ4v) is 2.43. The summed E-state index contributed by atoms with van der Waals surface area (Å²) in [4.78, 5) is 27.9. The smallest absolute Gasteiger partial charge is 0.258 e. The van der Waals surface area contributed by atoms with E-state index in [1.54, 1.807) is 4.90 Å². The van der Waals surface area contributed by atoms with Gasteiger partial charge in [-0.2, -0.15) is 0 Å². The molecule has 1 aliphatic heterocycles. The number of ether oxygens (including phenoxy) is 1. The minimum Gasteiger partial charge on any atom is -0.484 e. The first-order valence-corrected chi connectivity index (χ1v) is 8.04. The van der Waals surface area contributed by atoms with E-state index in [4.69, 9.17) is 4.74 Å². The molecule has 6 heteroatoms. The number of rotatable bonds is 6. The average molecular weight is 319 g/mol. The Morgan fingerprint density at radius 3 is 2.39 bits per heavy atom. The van der Waals surface area contributed by atoms with Crippen LogP contribution in [0.15, 0.2) is 24.3 Å². The molecule has 0 aromatic heterocycles.